The first-order chi connectivity index (χ1) is 8.91. The van der Waals surface area contributed by atoms with E-state index < -0.39 is 46.7 Å². The molecule has 1 aromatic rings. The summed E-state index contributed by atoms with van der Waals surface area (Å²) in [6.45, 7) is 0.332. The smallest absolute Gasteiger partial charge is 0.255 e. The predicted molar refractivity (Wildman–Crippen MR) is 55.2 cm³/mol. The topological polar surface area (TPSA) is 58.2 Å². The molecule has 19 heavy (non-hydrogen) atoms. The van der Waals surface area contributed by atoms with Gasteiger partial charge in [0.25, 0.3) is 5.91 Å². The standard InChI is InChI=1S/C11H8F4N2O2/c12-5-3-4(7(13)9(15)8(5)14)10(18)17-6-1-2-16-11(6)19/h3,6H,1-2H2,(H,16,19)(H,17,18). The molecule has 1 atom stereocenters. The molecule has 2 N–H and O–H groups in total. The molecule has 1 aliphatic rings. The van der Waals surface area contributed by atoms with Gasteiger partial charge in [-0.2, -0.15) is 0 Å². The summed E-state index contributed by atoms with van der Waals surface area (Å²) in [7, 11) is 0. The number of carbonyl (C=O) groups is 2. The Balaban J connectivity index is 2.27. The highest BCUT2D eigenvalue weighted by molar-refractivity contribution is 5.98. The van der Waals surface area contributed by atoms with Gasteiger partial charge >= 0.3 is 0 Å². The van der Waals surface area contributed by atoms with E-state index in [9.17, 15) is 27.2 Å². The highest BCUT2D eigenvalue weighted by Gasteiger charge is 2.29. The predicted octanol–water partition coefficient (Wildman–Crippen LogP) is 0.861. The quantitative estimate of drug-likeness (QED) is 0.478. The summed E-state index contributed by atoms with van der Waals surface area (Å²) >= 11 is 0. The number of hydrogen-bond donors (Lipinski definition) is 2. The van der Waals surface area contributed by atoms with Crippen LogP contribution in [0.5, 0.6) is 0 Å². The van der Waals surface area contributed by atoms with E-state index >= 15 is 0 Å². The van der Waals surface area contributed by atoms with Crippen molar-refractivity contribution in [3.63, 3.8) is 0 Å². The molecule has 1 unspecified atom stereocenters. The van der Waals surface area contributed by atoms with Crippen LogP contribution < -0.4 is 10.6 Å². The van der Waals surface area contributed by atoms with Gasteiger partial charge in [-0.15, -0.1) is 0 Å². The van der Waals surface area contributed by atoms with Gasteiger partial charge < -0.3 is 10.6 Å². The third-order valence-electron chi connectivity index (χ3n) is 2.70. The summed E-state index contributed by atoms with van der Waals surface area (Å²) in [5.74, 6) is -9.20. The SMILES string of the molecule is O=C(NC1CCNC1=O)c1cc(F)c(F)c(F)c1F. The lowest BCUT2D eigenvalue weighted by molar-refractivity contribution is -0.120. The van der Waals surface area contributed by atoms with Crippen LogP contribution in [0.2, 0.25) is 0 Å². The Kier molecular flexibility index (Phi) is 3.41. The van der Waals surface area contributed by atoms with E-state index in [2.05, 4.69) is 10.6 Å². The molecule has 2 amide bonds. The molecule has 0 aliphatic carbocycles. The Morgan fingerprint density at radius 1 is 1.21 bits per heavy atom. The maximum Gasteiger partial charge on any atom is 0.255 e. The van der Waals surface area contributed by atoms with Crippen LogP contribution in [-0.2, 0) is 4.79 Å². The van der Waals surface area contributed by atoms with Crippen molar-refractivity contribution in [3.05, 3.63) is 34.9 Å². The van der Waals surface area contributed by atoms with E-state index in [0.29, 0.717) is 6.54 Å². The molecule has 4 nitrogen and oxygen atoms in total. The number of rotatable bonds is 2. The van der Waals surface area contributed by atoms with Crippen molar-refractivity contribution in [3.8, 4) is 0 Å². The van der Waals surface area contributed by atoms with Crippen LogP contribution in [0.1, 0.15) is 16.8 Å². The van der Waals surface area contributed by atoms with Crippen molar-refractivity contribution in [2.24, 2.45) is 0 Å². The number of halogens is 4. The maximum absolute atomic E-state index is 13.3. The summed E-state index contributed by atoms with van der Waals surface area (Å²) in [6, 6.07) is -0.654. The molecule has 0 saturated carbocycles. The van der Waals surface area contributed by atoms with Crippen LogP contribution in [-0.4, -0.2) is 24.4 Å². The lowest BCUT2D eigenvalue weighted by atomic mass is 10.1. The number of benzene rings is 1. The summed E-state index contributed by atoms with van der Waals surface area (Å²) in [4.78, 5) is 22.8. The Morgan fingerprint density at radius 2 is 1.89 bits per heavy atom. The second-order valence-electron chi connectivity index (χ2n) is 3.95. The third-order valence-corrected chi connectivity index (χ3v) is 2.70. The first-order valence-electron chi connectivity index (χ1n) is 5.33. The van der Waals surface area contributed by atoms with Crippen LogP contribution in [0.25, 0.3) is 0 Å². The molecule has 0 radical (unpaired) electrons. The van der Waals surface area contributed by atoms with Crippen molar-refractivity contribution in [2.45, 2.75) is 12.5 Å². The molecule has 0 bridgehead atoms. The van der Waals surface area contributed by atoms with Gasteiger partial charge in [-0.25, -0.2) is 17.6 Å². The van der Waals surface area contributed by atoms with E-state index in [4.69, 9.17) is 0 Å². The molecule has 8 heteroatoms. The lowest BCUT2D eigenvalue weighted by Gasteiger charge is -2.11. The zero-order valence-corrected chi connectivity index (χ0v) is 9.40. The molecule has 1 aliphatic heterocycles. The highest BCUT2D eigenvalue weighted by atomic mass is 19.2. The van der Waals surface area contributed by atoms with Gasteiger partial charge in [0.1, 0.15) is 6.04 Å². The van der Waals surface area contributed by atoms with Crippen molar-refractivity contribution in [1.29, 1.82) is 0 Å². The van der Waals surface area contributed by atoms with Gasteiger partial charge in [0.15, 0.2) is 23.3 Å². The van der Waals surface area contributed by atoms with Crippen LogP contribution in [0.15, 0.2) is 6.07 Å². The van der Waals surface area contributed by atoms with Crippen molar-refractivity contribution in [2.75, 3.05) is 6.54 Å². The first kappa shape index (κ1) is 13.3. The fraction of sp³-hybridized carbons (Fsp3) is 0.273. The van der Waals surface area contributed by atoms with Crippen molar-refractivity contribution in [1.82, 2.24) is 10.6 Å². The molecular weight excluding hydrogens is 268 g/mol. The van der Waals surface area contributed by atoms with E-state index in [-0.39, 0.29) is 12.5 Å². The van der Waals surface area contributed by atoms with Gasteiger partial charge in [-0.1, -0.05) is 0 Å². The number of amides is 2. The fourth-order valence-electron chi connectivity index (χ4n) is 1.71. The van der Waals surface area contributed by atoms with Gasteiger partial charge in [-0.3, -0.25) is 9.59 Å². The van der Waals surface area contributed by atoms with Crippen LogP contribution in [0.3, 0.4) is 0 Å². The fourth-order valence-corrected chi connectivity index (χ4v) is 1.71. The molecule has 1 saturated heterocycles. The minimum absolute atomic E-state index is 0.246. The van der Waals surface area contributed by atoms with Crippen LogP contribution in [0, 0.1) is 23.3 Å². The van der Waals surface area contributed by atoms with E-state index in [1.165, 1.54) is 0 Å². The van der Waals surface area contributed by atoms with Gasteiger partial charge in [0, 0.05) is 6.54 Å². The second kappa shape index (κ2) is 4.87. The maximum atomic E-state index is 13.3. The molecule has 0 aromatic heterocycles. The summed E-state index contributed by atoms with van der Waals surface area (Å²) in [6.07, 6.45) is 0.276. The number of hydrogen-bond acceptors (Lipinski definition) is 2. The van der Waals surface area contributed by atoms with Crippen molar-refractivity contribution < 1.29 is 27.2 Å². The molecule has 0 spiro atoms. The van der Waals surface area contributed by atoms with Gasteiger partial charge in [-0.05, 0) is 12.5 Å². The minimum atomic E-state index is -2.07. The average molecular weight is 276 g/mol. The largest absolute Gasteiger partial charge is 0.354 e. The summed E-state index contributed by atoms with van der Waals surface area (Å²) in [5.41, 5.74) is -0.990. The van der Waals surface area contributed by atoms with Crippen molar-refractivity contribution >= 4 is 11.8 Å². The Hall–Kier alpha value is -2.12. The normalized spacial score (nSPS) is 18.3. The summed E-state index contributed by atoms with van der Waals surface area (Å²) < 4.78 is 51.9. The zero-order valence-electron chi connectivity index (χ0n) is 9.40. The molecule has 1 aromatic carbocycles. The van der Waals surface area contributed by atoms with Gasteiger partial charge in [0.05, 0.1) is 5.56 Å². The van der Waals surface area contributed by atoms with E-state index in [1.807, 2.05) is 0 Å². The van der Waals surface area contributed by atoms with E-state index in [0.717, 1.165) is 0 Å². The lowest BCUT2D eigenvalue weighted by Crippen LogP contribution is -2.40. The Bertz CT molecular complexity index is 562. The molecule has 102 valence electrons. The summed E-state index contributed by atoms with van der Waals surface area (Å²) in [5, 5.41) is 4.53. The average Bonchev–Trinajstić information content (AvgIpc) is 2.77. The van der Waals surface area contributed by atoms with Crippen LogP contribution >= 0.6 is 0 Å². The third kappa shape index (κ3) is 2.38. The molecular formula is C11H8F4N2O2. The molecule has 2 rings (SSSR count). The monoisotopic (exact) mass is 276 g/mol. The number of carbonyl (C=O) groups excluding carboxylic acids is 2. The first-order valence-corrected chi connectivity index (χ1v) is 5.33. The number of nitrogens with one attached hydrogen (secondary N) is 2. The molecule has 1 fully saturated rings. The zero-order chi connectivity index (χ0) is 14.2. The van der Waals surface area contributed by atoms with E-state index in [1.54, 1.807) is 0 Å². The van der Waals surface area contributed by atoms with Gasteiger partial charge in [0.2, 0.25) is 5.91 Å². The second-order valence-corrected chi connectivity index (χ2v) is 3.95. The Labute approximate surface area is 104 Å². The minimum Gasteiger partial charge on any atom is -0.354 e. The Morgan fingerprint density at radius 3 is 2.47 bits per heavy atom. The highest BCUT2D eigenvalue weighted by Crippen LogP contribution is 2.19. The molecule has 1 heterocycles. The van der Waals surface area contributed by atoms with Crippen LogP contribution in [0.4, 0.5) is 17.6 Å².